The summed E-state index contributed by atoms with van der Waals surface area (Å²) >= 11 is 9.25. The number of benzene rings is 1. The Morgan fingerprint density at radius 2 is 2.11 bits per heavy atom. The van der Waals surface area contributed by atoms with Gasteiger partial charge in [-0.25, -0.2) is 4.98 Å². The van der Waals surface area contributed by atoms with Gasteiger partial charge in [0.1, 0.15) is 11.6 Å². The maximum atomic E-state index is 9.80. The van der Waals surface area contributed by atoms with Crippen LogP contribution in [0.2, 0.25) is 5.02 Å². The van der Waals surface area contributed by atoms with Crippen molar-refractivity contribution in [2.45, 2.75) is 13.0 Å². The molecule has 1 heterocycles. The van der Waals surface area contributed by atoms with Crippen molar-refractivity contribution in [2.24, 2.45) is 0 Å². The first-order chi connectivity index (χ1) is 8.56. The molecule has 1 atom stereocenters. The second kappa shape index (κ2) is 5.59. The van der Waals surface area contributed by atoms with Crippen molar-refractivity contribution < 1.29 is 5.11 Å². The van der Waals surface area contributed by atoms with Crippen molar-refractivity contribution in [3.63, 3.8) is 0 Å². The van der Waals surface area contributed by atoms with Crippen molar-refractivity contribution in [1.82, 2.24) is 4.98 Å². The lowest BCUT2D eigenvalue weighted by molar-refractivity contribution is 0.465. The molecule has 0 radical (unpaired) electrons. The van der Waals surface area contributed by atoms with E-state index in [-0.39, 0.29) is 11.8 Å². The molecule has 1 aromatic carbocycles. The fourth-order valence-corrected chi connectivity index (χ4v) is 2.05. The fraction of sp³-hybridized carbons (Fsp3) is 0.154. The van der Waals surface area contributed by atoms with Crippen molar-refractivity contribution in [3.05, 3.63) is 51.6 Å². The van der Waals surface area contributed by atoms with Gasteiger partial charge >= 0.3 is 0 Å². The highest BCUT2D eigenvalue weighted by Gasteiger charge is 2.11. The molecule has 0 saturated carbocycles. The van der Waals surface area contributed by atoms with Crippen molar-refractivity contribution in [1.29, 1.82) is 0 Å². The molecule has 0 aliphatic rings. The minimum Gasteiger partial charge on any atom is -0.508 e. The maximum Gasteiger partial charge on any atom is 0.126 e. The van der Waals surface area contributed by atoms with E-state index in [2.05, 4.69) is 26.2 Å². The number of phenolic OH excluding ortho intramolecular Hbond substituents is 1. The molecule has 3 nitrogen and oxygen atoms in total. The zero-order chi connectivity index (χ0) is 13.1. The van der Waals surface area contributed by atoms with Gasteiger partial charge in [-0.05, 0) is 53.2 Å². The number of phenols is 1. The van der Waals surface area contributed by atoms with Crippen molar-refractivity contribution in [3.8, 4) is 5.75 Å². The minimum atomic E-state index is -0.0858. The summed E-state index contributed by atoms with van der Waals surface area (Å²) in [6.45, 7) is 1.94. The number of nitrogens with zero attached hydrogens (tertiary/aromatic N) is 1. The predicted molar refractivity (Wildman–Crippen MR) is 77.1 cm³/mol. The molecule has 1 aromatic heterocycles. The van der Waals surface area contributed by atoms with Crippen LogP contribution >= 0.6 is 27.5 Å². The smallest absolute Gasteiger partial charge is 0.126 e. The van der Waals surface area contributed by atoms with Crippen LogP contribution in [0.5, 0.6) is 5.75 Å². The first-order valence-electron chi connectivity index (χ1n) is 5.43. The highest BCUT2D eigenvalue weighted by Crippen LogP contribution is 2.29. The van der Waals surface area contributed by atoms with Gasteiger partial charge in [0.2, 0.25) is 0 Å². The number of aromatic hydroxyl groups is 1. The van der Waals surface area contributed by atoms with E-state index in [4.69, 9.17) is 11.6 Å². The number of aromatic nitrogens is 1. The Labute approximate surface area is 119 Å². The lowest BCUT2D eigenvalue weighted by atomic mass is 10.1. The van der Waals surface area contributed by atoms with Crippen molar-refractivity contribution >= 4 is 33.3 Å². The molecule has 0 saturated heterocycles. The molecule has 0 aliphatic carbocycles. The van der Waals surface area contributed by atoms with Crippen LogP contribution in [0.15, 0.2) is 41.0 Å². The van der Waals surface area contributed by atoms with Crippen LogP contribution in [0.3, 0.4) is 0 Å². The highest BCUT2D eigenvalue weighted by atomic mass is 79.9. The zero-order valence-corrected chi connectivity index (χ0v) is 12.0. The minimum absolute atomic E-state index is 0.0858. The molecule has 94 valence electrons. The third-order valence-corrected chi connectivity index (χ3v) is 3.25. The SMILES string of the molecule is C[C@@H](Nc1ccc(Br)cn1)c1cc(Cl)ccc1O. The zero-order valence-electron chi connectivity index (χ0n) is 9.69. The summed E-state index contributed by atoms with van der Waals surface area (Å²) in [5.41, 5.74) is 0.743. The standard InChI is InChI=1S/C13H12BrClN2O/c1-8(11-6-10(15)3-4-12(11)18)17-13-5-2-9(14)7-16-13/h2-8,18H,1H3,(H,16,17)/t8-/m1/s1. The highest BCUT2D eigenvalue weighted by molar-refractivity contribution is 9.10. The quantitative estimate of drug-likeness (QED) is 0.879. The summed E-state index contributed by atoms with van der Waals surface area (Å²) in [5.74, 6) is 0.960. The summed E-state index contributed by atoms with van der Waals surface area (Å²) in [7, 11) is 0. The van der Waals surface area contributed by atoms with Gasteiger partial charge in [-0.2, -0.15) is 0 Å². The molecule has 18 heavy (non-hydrogen) atoms. The average Bonchev–Trinajstić information content (AvgIpc) is 2.35. The Kier molecular flexibility index (Phi) is 4.09. The summed E-state index contributed by atoms with van der Waals surface area (Å²) < 4.78 is 0.923. The van der Waals surface area contributed by atoms with E-state index >= 15 is 0 Å². The van der Waals surface area contributed by atoms with E-state index in [0.29, 0.717) is 5.02 Å². The molecule has 5 heteroatoms. The van der Waals surface area contributed by atoms with E-state index in [9.17, 15) is 5.11 Å². The number of anilines is 1. The van der Waals surface area contributed by atoms with Crippen molar-refractivity contribution in [2.75, 3.05) is 5.32 Å². The number of hydrogen-bond donors (Lipinski definition) is 2. The Morgan fingerprint density at radius 1 is 1.33 bits per heavy atom. The maximum absolute atomic E-state index is 9.80. The number of hydrogen-bond acceptors (Lipinski definition) is 3. The molecule has 0 amide bonds. The predicted octanol–water partition coefficient (Wildman–Crippen LogP) is 4.38. The van der Waals surface area contributed by atoms with Crippen LogP contribution in [0.4, 0.5) is 5.82 Å². The van der Waals surface area contributed by atoms with Crippen LogP contribution in [0.25, 0.3) is 0 Å². The Balaban J connectivity index is 2.18. The third-order valence-electron chi connectivity index (χ3n) is 2.55. The second-order valence-electron chi connectivity index (χ2n) is 3.93. The number of pyridine rings is 1. The first kappa shape index (κ1) is 13.2. The molecule has 0 unspecified atom stereocenters. The Hall–Kier alpha value is -1.26. The number of rotatable bonds is 3. The van der Waals surface area contributed by atoms with E-state index in [1.807, 2.05) is 19.1 Å². The third kappa shape index (κ3) is 3.15. The van der Waals surface area contributed by atoms with Gasteiger partial charge in [-0.1, -0.05) is 11.6 Å². The van der Waals surface area contributed by atoms with Gasteiger partial charge < -0.3 is 10.4 Å². The van der Waals surface area contributed by atoms with E-state index in [1.165, 1.54) is 0 Å². The molecule has 0 aliphatic heterocycles. The monoisotopic (exact) mass is 326 g/mol. The lowest BCUT2D eigenvalue weighted by Crippen LogP contribution is -2.08. The topological polar surface area (TPSA) is 45.2 Å². The van der Waals surface area contributed by atoms with Gasteiger partial charge in [0.05, 0.1) is 6.04 Å². The lowest BCUT2D eigenvalue weighted by Gasteiger charge is -2.16. The summed E-state index contributed by atoms with van der Waals surface area (Å²) in [6.07, 6.45) is 1.72. The first-order valence-corrected chi connectivity index (χ1v) is 6.60. The van der Waals surface area contributed by atoms with Crippen LogP contribution in [-0.2, 0) is 0 Å². The van der Waals surface area contributed by atoms with Crippen LogP contribution in [0, 0.1) is 0 Å². The Bertz CT molecular complexity index is 545. The molecule has 2 N–H and O–H groups in total. The van der Waals surface area contributed by atoms with Gasteiger partial charge in [0.25, 0.3) is 0 Å². The summed E-state index contributed by atoms with van der Waals surface area (Å²) in [6, 6.07) is 8.67. The molecule has 0 spiro atoms. The average molecular weight is 328 g/mol. The molecular formula is C13H12BrClN2O. The van der Waals surface area contributed by atoms with E-state index in [0.717, 1.165) is 15.9 Å². The van der Waals surface area contributed by atoms with Crippen LogP contribution in [0.1, 0.15) is 18.5 Å². The van der Waals surface area contributed by atoms with Gasteiger partial charge in [0.15, 0.2) is 0 Å². The van der Waals surface area contributed by atoms with E-state index < -0.39 is 0 Å². The number of nitrogens with one attached hydrogen (secondary N) is 1. The molecule has 2 rings (SSSR count). The normalized spacial score (nSPS) is 12.2. The van der Waals surface area contributed by atoms with Crippen LogP contribution in [-0.4, -0.2) is 10.1 Å². The number of halogens is 2. The van der Waals surface area contributed by atoms with E-state index in [1.54, 1.807) is 24.4 Å². The molecular weight excluding hydrogens is 316 g/mol. The largest absolute Gasteiger partial charge is 0.508 e. The molecule has 2 aromatic rings. The van der Waals surface area contributed by atoms with Gasteiger partial charge in [-0.15, -0.1) is 0 Å². The second-order valence-corrected chi connectivity index (χ2v) is 5.28. The molecule has 0 bridgehead atoms. The Morgan fingerprint density at radius 3 is 2.78 bits per heavy atom. The van der Waals surface area contributed by atoms with Gasteiger partial charge in [0, 0.05) is 21.3 Å². The summed E-state index contributed by atoms with van der Waals surface area (Å²) in [5, 5.41) is 13.6. The molecule has 0 fully saturated rings. The van der Waals surface area contributed by atoms with Crippen LogP contribution < -0.4 is 5.32 Å². The summed E-state index contributed by atoms with van der Waals surface area (Å²) in [4.78, 5) is 4.22. The fourth-order valence-electron chi connectivity index (χ4n) is 1.63. The van der Waals surface area contributed by atoms with Gasteiger partial charge in [-0.3, -0.25) is 0 Å².